The highest BCUT2D eigenvalue weighted by atomic mass is 79.9. The van der Waals surface area contributed by atoms with Crippen molar-refractivity contribution in [1.29, 1.82) is 0 Å². The van der Waals surface area contributed by atoms with E-state index in [-0.39, 0.29) is 6.10 Å². The van der Waals surface area contributed by atoms with Gasteiger partial charge in [0.25, 0.3) is 0 Å². The van der Waals surface area contributed by atoms with Gasteiger partial charge in [0.2, 0.25) is 0 Å². The lowest BCUT2D eigenvalue weighted by Crippen LogP contribution is -2.19. The predicted molar refractivity (Wildman–Crippen MR) is 72.1 cm³/mol. The highest BCUT2D eigenvalue weighted by molar-refractivity contribution is 9.10. The van der Waals surface area contributed by atoms with Gasteiger partial charge in [0.1, 0.15) is 11.9 Å². The smallest absolute Gasteiger partial charge is 0.160 e. The fourth-order valence-corrected chi connectivity index (χ4v) is 3.25. The summed E-state index contributed by atoms with van der Waals surface area (Å²) in [6.45, 7) is 0.771. The Hall–Kier alpha value is -0.330. The molecule has 2 heterocycles. The molecule has 1 aromatic heterocycles. The molecule has 1 aliphatic heterocycles. The molecule has 1 aromatic rings. The number of ether oxygens (including phenoxy) is 1. The van der Waals surface area contributed by atoms with E-state index < -0.39 is 0 Å². The van der Waals surface area contributed by atoms with Crippen molar-refractivity contribution in [3.8, 4) is 0 Å². The van der Waals surface area contributed by atoms with E-state index in [4.69, 9.17) is 10.5 Å². The highest BCUT2D eigenvalue weighted by Gasteiger charge is 2.30. The summed E-state index contributed by atoms with van der Waals surface area (Å²) in [5.74, 6) is 3.82. The number of halogens is 1. The Bertz CT molecular complexity index is 433. The standard InChI is InChI=1S/C11H14BrN3OS/c12-8-9(6-1-2-6)14-11(15-10(8)13)7-5-17-4-3-16-7/h6-7H,1-5H2,(H2,13,14,15). The summed E-state index contributed by atoms with van der Waals surface area (Å²) in [5.41, 5.74) is 7.00. The van der Waals surface area contributed by atoms with Gasteiger partial charge in [-0.3, -0.25) is 0 Å². The van der Waals surface area contributed by atoms with Crippen LogP contribution in [0.3, 0.4) is 0 Å². The number of rotatable bonds is 2. The molecule has 0 spiro atoms. The van der Waals surface area contributed by atoms with E-state index in [1.54, 1.807) is 0 Å². The molecule has 0 radical (unpaired) electrons. The lowest BCUT2D eigenvalue weighted by atomic mass is 10.2. The van der Waals surface area contributed by atoms with Crippen molar-refractivity contribution in [3.63, 3.8) is 0 Å². The van der Waals surface area contributed by atoms with E-state index in [2.05, 4.69) is 25.9 Å². The second-order valence-corrected chi connectivity index (χ2v) is 6.32. The Labute approximate surface area is 113 Å². The van der Waals surface area contributed by atoms with Gasteiger partial charge in [0.15, 0.2) is 5.82 Å². The van der Waals surface area contributed by atoms with Crippen molar-refractivity contribution in [2.45, 2.75) is 24.9 Å². The quantitative estimate of drug-likeness (QED) is 0.908. The van der Waals surface area contributed by atoms with Crippen LogP contribution in [0.4, 0.5) is 5.82 Å². The summed E-state index contributed by atoms with van der Waals surface area (Å²) in [7, 11) is 0. The topological polar surface area (TPSA) is 61.0 Å². The monoisotopic (exact) mass is 315 g/mol. The normalized spacial score (nSPS) is 24.9. The molecule has 1 atom stereocenters. The summed E-state index contributed by atoms with van der Waals surface area (Å²) < 4.78 is 6.57. The van der Waals surface area contributed by atoms with Gasteiger partial charge in [-0.15, -0.1) is 0 Å². The SMILES string of the molecule is Nc1nc(C2CSCCO2)nc(C2CC2)c1Br. The Kier molecular flexibility index (Phi) is 3.28. The summed E-state index contributed by atoms with van der Waals surface area (Å²) in [6, 6.07) is 0. The molecule has 0 aromatic carbocycles. The zero-order valence-electron chi connectivity index (χ0n) is 9.36. The molecule has 1 aliphatic carbocycles. The predicted octanol–water partition coefficient (Wildman–Crippen LogP) is 2.50. The number of thioether (sulfide) groups is 1. The molecule has 4 nitrogen and oxygen atoms in total. The first-order valence-electron chi connectivity index (χ1n) is 5.78. The van der Waals surface area contributed by atoms with Crippen LogP contribution >= 0.6 is 27.7 Å². The maximum Gasteiger partial charge on any atom is 0.160 e. The van der Waals surface area contributed by atoms with Gasteiger partial charge >= 0.3 is 0 Å². The van der Waals surface area contributed by atoms with Gasteiger partial charge in [-0.2, -0.15) is 11.8 Å². The van der Waals surface area contributed by atoms with E-state index in [0.29, 0.717) is 11.7 Å². The van der Waals surface area contributed by atoms with Crippen LogP contribution in [0.5, 0.6) is 0 Å². The molecule has 2 fully saturated rings. The van der Waals surface area contributed by atoms with Crippen molar-refractivity contribution < 1.29 is 4.74 Å². The third-order valence-corrected chi connectivity index (χ3v) is 4.79. The number of nitrogens with two attached hydrogens (primary N) is 1. The Morgan fingerprint density at radius 1 is 1.35 bits per heavy atom. The zero-order chi connectivity index (χ0) is 11.8. The molecular formula is C11H14BrN3OS. The molecule has 0 bridgehead atoms. The second-order valence-electron chi connectivity index (χ2n) is 4.37. The first-order valence-corrected chi connectivity index (χ1v) is 7.72. The molecule has 1 saturated carbocycles. The van der Waals surface area contributed by atoms with Crippen LogP contribution in [-0.2, 0) is 4.74 Å². The first kappa shape index (κ1) is 11.7. The third kappa shape index (κ3) is 2.44. The molecule has 1 unspecified atom stereocenters. The van der Waals surface area contributed by atoms with E-state index >= 15 is 0 Å². The minimum absolute atomic E-state index is 0.00153. The van der Waals surface area contributed by atoms with Gasteiger partial charge < -0.3 is 10.5 Å². The average Bonchev–Trinajstić information content (AvgIpc) is 3.18. The third-order valence-electron chi connectivity index (χ3n) is 2.99. The fourth-order valence-electron chi connectivity index (χ4n) is 1.91. The summed E-state index contributed by atoms with van der Waals surface area (Å²) >= 11 is 5.36. The van der Waals surface area contributed by atoms with Gasteiger partial charge in [-0.25, -0.2) is 9.97 Å². The van der Waals surface area contributed by atoms with Crippen molar-refractivity contribution in [3.05, 3.63) is 16.0 Å². The lowest BCUT2D eigenvalue weighted by molar-refractivity contribution is 0.0693. The Morgan fingerprint density at radius 3 is 2.82 bits per heavy atom. The second kappa shape index (κ2) is 4.74. The van der Waals surface area contributed by atoms with Crippen molar-refractivity contribution in [2.75, 3.05) is 23.8 Å². The number of hydrogen-bond acceptors (Lipinski definition) is 5. The first-order chi connectivity index (χ1) is 8.25. The molecule has 17 heavy (non-hydrogen) atoms. The summed E-state index contributed by atoms with van der Waals surface area (Å²) in [4.78, 5) is 8.99. The molecule has 2 aliphatic rings. The minimum Gasteiger partial charge on any atom is -0.383 e. The molecule has 92 valence electrons. The number of anilines is 1. The van der Waals surface area contributed by atoms with Crippen LogP contribution in [0, 0.1) is 0 Å². The minimum atomic E-state index is 0.00153. The van der Waals surface area contributed by atoms with Crippen LogP contribution in [0.2, 0.25) is 0 Å². The van der Waals surface area contributed by atoms with E-state index in [9.17, 15) is 0 Å². The molecule has 6 heteroatoms. The highest BCUT2D eigenvalue weighted by Crippen LogP contribution is 2.43. The number of nitrogens with zero attached hydrogens (tertiary/aromatic N) is 2. The molecule has 0 amide bonds. The number of aromatic nitrogens is 2. The van der Waals surface area contributed by atoms with Crippen LogP contribution in [-0.4, -0.2) is 28.1 Å². The number of hydrogen-bond donors (Lipinski definition) is 1. The zero-order valence-corrected chi connectivity index (χ0v) is 11.8. The van der Waals surface area contributed by atoms with E-state index in [0.717, 1.165) is 34.1 Å². The van der Waals surface area contributed by atoms with Gasteiger partial charge in [0.05, 0.1) is 16.8 Å². The fraction of sp³-hybridized carbons (Fsp3) is 0.636. The number of nitrogen functional groups attached to an aromatic ring is 1. The van der Waals surface area contributed by atoms with Crippen LogP contribution in [0.1, 0.15) is 36.4 Å². The van der Waals surface area contributed by atoms with E-state index in [1.165, 1.54) is 12.8 Å². The van der Waals surface area contributed by atoms with Crippen molar-refractivity contribution in [2.24, 2.45) is 0 Å². The van der Waals surface area contributed by atoms with Crippen LogP contribution in [0.15, 0.2) is 4.47 Å². The maximum absolute atomic E-state index is 5.93. The molecule has 1 saturated heterocycles. The largest absolute Gasteiger partial charge is 0.383 e. The van der Waals surface area contributed by atoms with Gasteiger partial charge in [-0.1, -0.05) is 0 Å². The summed E-state index contributed by atoms with van der Waals surface area (Å²) in [5, 5.41) is 0. The summed E-state index contributed by atoms with van der Waals surface area (Å²) in [6.07, 6.45) is 2.41. The molecular weight excluding hydrogens is 302 g/mol. The molecule has 2 N–H and O–H groups in total. The Morgan fingerprint density at radius 2 is 2.18 bits per heavy atom. The van der Waals surface area contributed by atoms with Gasteiger partial charge in [-0.05, 0) is 28.8 Å². The maximum atomic E-state index is 5.93. The average molecular weight is 316 g/mol. The van der Waals surface area contributed by atoms with Gasteiger partial charge in [0, 0.05) is 17.4 Å². The lowest BCUT2D eigenvalue weighted by Gasteiger charge is -2.22. The Balaban J connectivity index is 1.93. The van der Waals surface area contributed by atoms with Crippen molar-refractivity contribution >= 4 is 33.5 Å². The molecule has 3 rings (SSSR count). The van der Waals surface area contributed by atoms with Crippen molar-refractivity contribution in [1.82, 2.24) is 9.97 Å². The van der Waals surface area contributed by atoms with Crippen LogP contribution in [0.25, 0.3) is 0 Å². The van der Waals surface area contributed by atoms with E-state index in [1.807, 2.05) is 11.8 Å². The van der Waals surface area contributed by atoms with Crippen LogP contribution < -0.4 is 5.73 Å².